The van der Waals surface area contributed by atoms with Crippen LogP contribution in [0, 0.1) is 22.9 Å². The van der Waals surface area contributed by atoms with Crippen molar-refractivity contribution in [3.05, 3.63) is 54.9 Å². The maximum atomic E-state index is 13.6. The normalized spacial score (nSPS) is 10.3. The molecule has 0 saturated heterocycles. The number of amides is 1. The predicted molar refractivity (Wildman–Crippen MR) is 86.0 cm³/mol. The Hall–Kier alpha value is -3.08. The third kappa shape index (κ3) is 4.70. The number of esters is 1. The van der Waals surface area contributed by atoms with Gasteiger partial charge in [-0.05, 0) is 13.0 Å². The molecule has 0 unspecified atom stereocenters. The third-order valence-corrected chi connectivity index (χ3v) is 3.94. The number of ether oxygens (including phenoxy) is 1. The number of anilines is 1. The van der Waals surface area contributed by atoms with Crippen molar-refractivity contribution in [3.8, 4) is 0 Å². The van der Waals surface area contributed by atoms with E-state index in [4.69, 9.17) is 4.74 Å². The Bertz CT molecular complexity index is 891. The molecule has 1 heterocycles. The molecule has 2 aromatic rings. The number of hydrogen-bond donors (Lipinski definition) is 1. The van der Waals surface area contributed by atoms with E-state index in [1.54, 1.807) is 12.3 Å². The van der Waals surface area contributed by atoms with Gasteiger partial charge in [-0.1, -0.05) is 11.3 Å². The summed E-state index contributed by atoms with van der Waals surface area (Å²) in [5.74, 6) is -2.56. The van der Waals surface area contributed by atoms with Gasteiger partial charge in [-0.15, -0.1) is 0 Å². The zero-order valence-corrected chi connectivity index (χ0v) is 13.7. The molecule has 9 nitrogen and oxygen atoms in total. The van der Waals surface area contributed by atoms with Gasteiger partial charge in [-0.25, -0.2) is 4.39 Å². The molecule has 1 aromatic heterocycles. The van der Waals surface area contributed by atoms with E-state index in [1.807, 2.05) is 0 Å². The lowest BCUT2D eigenvalue weighted by molar-refractivity contribution is -0.384. The maximum Gasteiger partial charge on any atom is 0.326 e. The molecule has 2 rings (SSSR count). The molecule has 0 fully saturated rings. The molecular weight excluding hydrogens is 357 g/mol. The summed E-state index contributed by atoms with van der Waals surface area (Å²) < 4.78 is 19.5. The van der Waals surface area contributed by atoms with Crippen LogP contribution in [-0.4, -0.2) is 28.0 Å². The first-order valence-electron chi connectivity index (χ1n) is 6.82. The van der Waals surface area contributed by atoms with Crippen molar-refractivity contribution in [1.82, 2.24) is 4.57 Å². The topological polar surface area (TPSA) is 121 Å². The first kappa shape index (κ1) is 18.3. The Morgan fingerprint density at radius 2 is 2.16 bits per heavy atom. The largest absolute Gasteiger partial charge is 0.454 e. The lowest BCUT2D eigenvalue weighted by Gasteiger charge is -2.08. The number of nitro groups is 1. The van der Waals surface area contributed by atoms with Crippen molar-refractivity contribution in [1.29, 1.82) is 0 Å². The van der Waals surface area contributed by atoms with Gasteiger partial charge in [0, 0.05) is 23.2 Å². The highest BCUT2D eigenvalue weighted by atomic mass is 32.1. The smallest absolute Gasteiger partial charge is 0.326 e. The lowest BCUT2D eigenvalue weighted by Crippen LogP contribution is -2.26. The summed E-state index contributed by atoms with van der Waals surface area (Å²) in [5, 5.41) is 14.3. The minimum Gasteiger partial charge on any atom is -0.454 e. The molecule has 0 radical (unpaired) electrons. The van der Waals surface area contributed by atoms with Crippen LogP contribution in [0.5, 0.6) is 0 Å². The first-order chi connectivity index (χ1) is 11.8. The van der Waals surface area contributed by atoms with Crippen LogP contribution < -0.4 is 10.2 Å². The number of halogens is 1. The number of nitrogens with zero attached hydrogens (tertiary/aromatic N) is 2. The molecule has 1 aromatic carbocycles. The van der Waals surface area contributed by atoms with Crippen molar-refractivity contribution in [2.45, 2.75) is 13.5 Å². The molecule has 0 bridgehead atoms. The predicted octanol–water partition coefficient (Wildman–Crippen LogP) is 1.45. The summed E-state index contributed by atoms with van der Waals surface area (Å²) in [6.45, 7) is 0.564. The van der Waals surface area contributed by atoms with Crippen molar-refractivity contribution < 1.29 is 23.6 Å². The molecule has 1 amide bonds. The molecule has 0 spiro atoms. The Balaban J connectivity index is 1.93. The lowest BCUT2D eigenvalue weighted by atomic mass is 10.2. The minimum atomic E-state index is -0.873. The Morgan fingerprint density at radius 1 is 1.44 bits per heavy atom. The first-order valence-corrected chi connectivity index (χ1v) is 7.70. The van der Waals surface area contributed by atoms with Crippen LogP contribution in [0.15, 0.2) is 28.4 Å². The van der Waals surface area contributed by atoms with Gasteiger partial charge in [0.2, 0.25) is 0 Å². The van der Waals surface area contributed by atoms with E-state index < -0.39 is 40.6 Å². The third-order valence-electron chi connectivity index (χ3n) is 3.06. The second-order valence-corrected chi connectivity index (χ2v) is 5.68. The zero-order chi connectivity index (χ0) is 18.6. The van der Waals surface area contributed by atoms with Gasteiger partial charge >= 0.3 is 10.8 Å². The fourth-order valence-electron chi connectivity index (χ4n) is 1.83. The molecule has 25 heavy (non-hydrogen) atoms. The Morgan fingerprint density at radius 3 is 2.76 bits per heavy atom. The summed E-state index contributed by atoms with van der Waals surface area (Å²) in [7, 11) is 0. The van der Waals surface area contributed by atoms with Gasteiger partial charge < -0.3 is 10.1 Å². The van der Waals surface area contributed by atoms with Crippen LogP contribution in [-0.2, 0) is 20.9 Å². The fourth-order valence-corrected chi connectivity index (χ4v) is 2.56. The number of carbonyl (C=O) groups excluding carboxylic acids is 2. The second kappa shape index (κ2) is 7.66. The monoisotopic (exact) mass is 369 g/mol. The summed E-state index contributed by atoms with van der Waals surface area (Å²) >= 11 is 0.928. The van der Waals surface area contributed by atoms with Gasteiger partial charge in [0.05, 0.1) is 10.6 Å². The van der Waals surface area contributed by atoms with Crippen LogP contribution in [0.1, 0.15) is 5.69 Å². The summed E-state index contributed by atoms with van der Waals surface area (Å²) in [6.07, 6.45) is 0. The van der Waals surface area contributed by atoms with Crippen LogP contribution >= 0.6 is 11.3 Å². The fraction of sp³-hybridized carbons (Fsp3) is 0.214. The molecule has 1 N–H and O–H groups in total. The standard InChI is InChI=1S/C14H12FN3O6S/c1-8-7-25-14(21)17(8)5-13(20)24-6-12(19)16-11-4-9(18(22)23)2-3-10(11)15/h2-4,7H,5-6H2,1H3,(H,16,19). The average molecular weight is 369 g/mol. The van der Waals surface area contributed by atoms with E-state index >= 15 is 0 Å². The highest BCUT2D eigenvalue weighted by Crippen LogP contribution is 2.21. The summed E-state index contributed by atoms with van der Waals surface area (Å²) in [5.41, 5.74) is -0.226. The Labute approximate surface area is 143 Å². The van der Waals surface area contributed by atoms with Crippen LogP contribution in [0.25, 0.3) is 0 Å². The Kier molecular flexibility index (Phi) is 5.60. The number of rotatable bonds is 6. The van der Waals surface area contributed by atoms with Crippen LogP contribution in [0.4, 0.5) is 15.8 Å². The average Bonchev–Trinajstić information content (AvgIpc) is 2.86. The number of non-ortho nitro benzene ring substituents is 1. The van der Waals surface area contributed by atoms with Gasteiger partial charge in [0.1, 0.15) is 12.4 Å². The number of nitrogens with one attached hydrogen (secondary N) is 1. The molecule has 0 atom stereocenters. The van der Waals surface area contributed by atoms with Crippen molar-refractivity contribution in [3.63, 3.8) is 0 Å². The molecule has 0 saturated carbocycles. The van der Waals surface area contributed by atoms with E-state index in [9.17, 15) is 28.9 Å². The molecule has 132 valence electrons. The number of thiazole rings is 1. The highest BCUT2D eigenvalue weighted by molar-refractivity contribution is 7.07. The van der Waals surface area contributed by atoms with Crippen molar-refractivity contribution in [2.24, 2.45) is 0 Å². The van der Waals surface area contributed by atoms with Crippen LogP contribution in [0.3, 0.4) is 0 Å². The van der Waals surface area contributed by atoms with Gasteiger partial charge in [-0.3, -0.25) is 29.1 Å². The van der Waals surface area contributed by atoms with E-state index in [0.717, 1.165) is 29.5 Å². The number of aryl methyl sites for hydroxylation is 1. The van der Waals surface area contributed by atoms with E-state index in [0.29, 0.717) is 5.69 Å². The summed E-state index contributed by atoms with van der Waals surface area (Å²) in [4.78, 5) is 44.4. The minimum absolute atomic E-state index is 0.336. The van der Waals surface area contributed by atoms with Crippen LogP contribution in [0.2, 0.25) is 0 Å². The van der Waals surface area contributed by atoms with Gasteiger partial charge in [0.25, 0.3) is 11.6 Å². The number of aromatic nitrogens is 1. The van der Waals surface area contributed by atoms with Gasteiger partial charge in [-0.2, -0.15) is 0 Å². The molecule has 0 aliphatic carbocycles. The molecule has 11 heteroatoms. The number of carbonyl (C=O) groups is 2. The SMILES string of the molecule is Cc1csc(=O)n1CC(=O)OCC(=O)Nc1cc([N+](=O)[O-])ccc1F. The highest BCUT2D eigenvalue weighted by Gasteiger charge is 2.15. The quantitative estimate of drug-likeness (QED) is 0.467. The number of nitro benzene ring substituents is 1. The van der Waals surface area contributed by atoms with E-state index in [-0.39, 0.29) is 11.4 Å². The van der Waals surface area contributed by atoms with Crippen molar-refractivity contribution in [2.75, 3.05) is 11.9 Å². The summed E-state index contributed by atoms with van der Waals surface area (Å²) in [6, 6.07) is 2.64. The van der Waals surface area contributed by atoms with Crippen molar-refractivity contribution >= 4 is 34.6 Å². The van der Waals surface area contributed by atoms with E-state index in [1.165, 1.54) is 4.57 Å². The maximum absolute atomic E-state index is 13.6. The second-order valence-electron chi connectivity index (χ2n) is 4.86. The number of benzene rings is 1. The zero-order valence-electron chi connectivity index (χ0n) is 12.9. The molecule has 0 aliphatic heterocycles. The van der Waals surface area contributed by atoms with Gasteiger partial charge in [0.15, 0.2) is 6.61 Å². The van der Waals surface area contributed by atoms with E-state index in [2.05, 4.69) is 5.32 Å². The molecular formula is C14H12FN3O6S. The molecule has 0 aliphatic rings. The number of hydrogen-bond acceptors (Lipinski definition) is 7.